The van der Waals surface area contributed by atoms with Crippen LogP contribution in [0, 0.1) is 12.3 Å². The molecule has 2 saturated heterocycles. The second-order valence-corrected chi connectivity index (χ2v) is 8.80. The molecule has 6 nitrogen and oxygen atoms in total. The van der Waals surface area contributed by atoms with E-state index in [1.165, 1.54) is 13.1 Å². The van der Waals surface area contributed by atoms with Crippen LogP contribution in [0.15, 0.2) is 6.20 Å². The molecule has 156 valence electrons. The van der Waals surface area contributed by atoms with Crippen molar-refractivity contribution in [1.82, 2.24) is 14.9 Å². The summed E-state index contributed by atoms with van der Waals surface area (Å²) >= 11 is 0. The van der Waals surface area contributed by atoms with Gasteiger partial charge in [0.25, 0.3) is 0 Å². The maximum atomic E-state index is 13.1. The molecular weight excluding hydrogens is 373 g/mol. The number of likely N-dealkylation sites (tertiary alicyclic amines) is 1. The first-order chi connectivity index (χ1) is 12.9. The molecule has 0 aliphatic carbocycles. The molecule has 0 aromatic carbocycles. The second kappa shape index (κ2) is 7.08. The van der Waals surface area contributed by atoms with Gasteiger partial charge in [0.1, 0.15) is 11.4 Å². The standard InChI is InChI=1S/C19H27F3N4O2/c1-13-15(19(20,21)22)24-14(11-23-13)26-10-7-18(12-26)5-8-25(9-6-18)16(27)28-17(2,3)4/h11H,5-10,12H2,1-4H3. The van der Waals surface area contributed by atoms with Crippen molar-refractivity contribution in [3.8, 4) is 0 Å². The molecule has 2 aliphatic rings. The van der Waals surface area contributed by atoms with E-state index in [2.05, 4.69) is 9.97 Å². The lowest BCUT2D eigenvalue weighted by atomic mass is 9.78. The van der Waals surface area contributed by atoms with Gasteiger partial charge in [0.15, 0.2) is 5.69 Å². The summed E-state index contributed by atoms with van der Waals surface area (Å²) in [7, 11) is 0. The molecule has 0 bridgehead atoms. The molecule has 1 amide bonds. The number of rotatable bonds is 1. The molecule has 2 aliphatic heterocycles. The summed E-state index contributed by atoms with van der Waals surface area (Å²) in [5, 5.41) is 0. The molecule has 0 atom stereocenters. The van der Waals surface area contributed by atoms with Crippen molar-refractivity contribution in [3.05, 3.63) is 17.6 Å². The summed E-state index contributed by atoms with van der Waals surface area (Å²) in [5.41, 5.74) is -1.58. The van der Waals surface area contributed by atoms with Gasteiger partial charge in [-0.15, -0.1) is 0 Å². The molecule has 0 radical (unpaired) electrons. The third-order valence-electron chi connectivity index (χ3n) is 5.45. The van der Waals surface area contributed by atoms with Crippen LogP contribution in [0.2, 0.25) is 0 Å². The SMILES string of the molecule is Cc1ncc(N2CCC3(CCN(C(=O)OC(C)(C)C)CC3)C2)nc1C(F)(F)F. The average Bonchev–Trinajstić information content (AvgIpc) is 2.97. The zero-order valence-corrected chi connectivity index (χ0v) is 16.8. The molecule has 0 N–H and O–H groups in total. The number of halogens is 3. The van der Waals surface area contributed by atoms with E-state index in [0.717, 1.165) is 19.3 Å². The second-order valence-electron chi connectivity index (χ2n) is 8.80. The van der Waals surface area contributed by atoms with E-state index in [4.69, 9.17) is 4.74 Å². The normalized spacial score (nSPS) is 20.0. The van der Waals surface area contributed by atoms with E-state index in [-0.39, 0.29) is 23.0 Å². The van der Waals surface area contributed by atoms with Crippen LogP contribution in [0.25, 0.3) is 0 Å². The number of carbonyl (C=O) groups excluding carboxylic acids is 1. The van der Waals surface area contributed by atoms with Crippen LogP contribution < -0.4 is 4.90 Å². The summed E-state index contributed by atoms with van der Waals surface area (Å²) in [4.78, 5) is 23.6. The fourth-order valence-corrected chi connectivity index (χ4v) is 3.89. The highest BCUT2D eigenvalue weighted by atomic mass is 19.4. The van der Waals surface area contributed by atoms with Crippen LogP contribution in [0.3, 0.4) is 0 Å². The molecule has 3 rings (SSSR count). The minimum Gasteiger partial charge on any atom is -0.444 e. The number of anilines is 1. The lowest BCUT2D eigenvalue weighted by Crippen LogP contribution is -2.46. The lowest BCUT2D eigenvalue weighted by molar-refractivity contribution is -0.141. The van der Waals surface area contributed by atoms with Crippen LogP contribution >= 0.6 is 0 Å². The van der Waals surface area contributed by atoms with Crippen molar-refractivity contribution in [2.45, 2.75) is 58.7 Å². The van der Waals surface area contributed by atoms with E-state index >= 15 is 0 Å². The van der Waals surface area contributed by atoms with Crippen molar-refractivity contribution < 1.29 is 22.7 Å². The average molecular weight is 400 g/mol. The maximum absolute atomic E-state index is 13.1. The van der Waals surface area contributed by atoms with Gasteiger partial charge in [-0.1, -0.05) is 0 Å². The monoisotopic (exact) mass is 400 g/mol. The van der Waals surface area contributed by atoms with E-state index < -0.39 is 17.5 Å². The molecule has 9 heteroatoms. The van der Waals surface area contributed by atoms with Gasteiger partial charge in [-0.25, -0.2) is 9.78 Å². The highest BCUT2D eigenvalue weighted by Gasteiger charge is 2.43. The van der Waals surface area contributed by atoms with Crippen molar-refractivity contribution in [3.63, 3.8) is 0 Å². The van der Waals surface area contributed by atoms with Gasteiger partial charge in [-0.2, -0.15) is 13.2 Å². The Hall–Kier alpha value is -2.06. The molecule has 0 saturated carbocycles. The van der Waals surface area contributed by atoms with Crippen molar-refractivity contribution in [2.75, 3.05) is 31.1 Å². The molecule has 1 spiro atoms. The van der Waals surface area contributed by atoms with E-state index in [1.54, 1.807) is 4.90 Å². The Labute approximate surface area is 163 Å². The first-order valence-electron chi connectivity index (χ1n) is 9.52. The minimum atomic E-state index is -4.51. The van der Waals surface area contributed by atoms with Gasteiger partial charge in [0.05, 0.1) is 11.9 Å². The van der Waals surface area contributed by atoms with Crippen molar-refractivity contribution in [1.29, 1.82) is 0 Å². The molecule has 28 heavy (non-hydrogen) atoms. The number of aromatic nitrogens is 2. The molecule has 1 aromatic rings. The van der Waals surface area contributed by atoms with Crippen LogP contribution in [-0.2, 0) is 10.9 Å². The third-order valence-corrected chi connectivity index (χ3v) is 5.45. The summed E-state index contributed by atoms with van der Waals surface area (Å²) in [6.07, 6.45) is -0.937. The summed E-state index contributed by atoms with van der Waals surface area (Å²) < 4.78 is 44.8. The molecule has 1 aromatic heterocycles. The molecule has 3 heterocycles. The van der Waals surface area contributed by atoms with Gasteiger partial charge < -0.3 is 14.5 Å². The predicted molar refractivity (Wildman–Crippen MR) is 98.1 cm³/mol. The smallest absolute Gasteiger partial charge is 0.435 e. The largest absolute Gasteiger partial charge is 0.444 e. The highest BCUT2D eigenvalue weighted by molar-refractivity contribution is 5.68. The number of alkyl halides is 3. The number of hydrogen-bond donors (Lipinski definition) is 0. The van der Waals surface area contributed by atoms with Gasteiger partial charge in [-0.3, -0.25) is 4.98 Å². The number of aryl methyl sites for hydroxylation is 1. The van der Waals surface area contributed by atoms with Gasteiger partial charge in [0.2, 0.25) is 0 Å². The van der Waals surface area contributed by atoms with Crippen molar-refractivity contribution in [2.24, 2.45) is 5.41 Å². The summed E-state index contributed by atoms with van der Waals surface area (Å²) in [5.74, 6) is 0.268. The number of nitrogens with zero attached hydrogens (tertiary/aromatic N) is 4. The zero-order valence-electron chi connectivity index (χ0n) is 16.8. The van der Waals surface area contributed by atoms with Crippen molar-refractivity contribution >= 4 is 11.9 Å². The topological polar surface area (TPSA) is 58.6 Å². The van der Waals surface area contributed by atoms with Gasteiger partial charge in [-0.05, 0) is 52.4 Å². The first-order valence-corrected chi connectivity index (χ1v) is 9.52. The van der Waals surface area contributed by atoms with Crippen LogP contribution in [0.1, 0.15) is 51.4 Å². The maximum Gasteiger partial charge on any atom is 0.435 e. The Balaban J connectivity index is 1.64. The number of ether oxygens (including phenoxy) is 1. The van der Waals surface area contributed by atoms with Gasteiger partial charge in [0, 0.05) is 26.2 Å². The number of carbonyl (C=O) groups is 1. The first kappa shape index (κ1) is 20.7. The highest BCUT2D eigenvalue weighted by Crippen LogP contribution is 2.42. The lowest BCUT2D eigenvalue weighted by Gasteiger charge is -2.39. The number of hydrogen-bond acceptors (Lipinski definition) is 5. The zero-order chi connectivity index (χ0) is 20.7. The fourth-order valence-electron chi connectivity index (χ4n) is 3.89. The fraction of sp³-hybridized carbons (Fsp3) is 0.737. The van der Waals surface area contributed by atoms with E-state index in [9.17, 15) is 18.0 Å². The Kier molecular flexibility index (Phi) is 5.22. The molecule has 2 fully saturated rings. The summed E-state index contributed by atoms with van der Waals surface area (Å²) in [6.45, 7) is 9.28. The summed E-state index contributed by atoms with van der Waals surface area (Å²) in [6, 6.07) is 0. The minimum absolute atomic E-state index is 0.0104. The predicted octanol–water partition coefficient (Wildman–Crippen LogP) is 4.03. The number of amides is 1. The Morgan fingerprint density at radius 3 is 2.32 bits per heavy atom. The van der Waals surface area contributed by atoms with Crippen LogP contribution in [0.4, 0.5) is 23.8 Å². The quantitative estimate of drug-likeness (QED) is 0.712. The Morgan fingerprint density at radius 1 is 1.14 bits per heavy atom. The van der Waals surface area contributed by atoms with Crippen LogP contribution in [-0.4, -0.2) is 52.7 Å². The van der Waals surface area contributed by atoms with Crippen LogP contribution in [0.5, 0.6) is 0 Å². The van der Waals surface area contributed by atoms with E-state index in [0.29, 0.717) is 26.2 Å². The number of piperidine rings is 1. The Morgan fingerprint density at radius 2 is 1.75 bits per heavy atom. The third kappa shape index (κ3) is 4.50. The molecule has 0 unspecified atom stereocenters. The van der Waals surface area contributed by atoms with Gasteiger partial charge >= 0.3 is 12.3 Å². The Bertz CT molecular complexity index is 738. The molecular formula is C19H27F3N4O2. The van der Waals surface area contributed by atoms with E-state index in [1.807, 2.05) is 25.7 Å².